The van der Waals surface area contributed by atoms with E-state index in [-0.39, 0.29) is 0 Å². The second kappa shape index (κ2) is 2.77. The van der Waals surface area contributed by atoms with Crippen molar-refractivity contribution in [2.24, 2.45) is 0 Å². The molecule has 0 aliphatic heterocycles. The van der Waals surface area contributed by atoms with Gasteiger partial charge in [-0.1, -0.05) is 18.0 Å². The highest BCUT2D eigenvalue weighted by Gasteiger charge is 2.46. The van der Waals surface area contributed by atoms with Gasteiger partial charge in [-0.25, -0.2) is 9.50 Å². The Labute approximate surface area is 98.4 Å². The summed E-state index contributed by atoms with van der Waals surface area (Å²) in [6, 6.07) is 1.93. The minimum Gasteiger partial charge on any atom is -0.233 e. The molecule has 0 unspecified atom stereocenters. The van der Waals surface area contributed by atoms with Crippen molar-refractivity contribution in [1.82, 2.24) is 14.6 Å². The van der Waals surface area contributed by atoms with Crippen LogP contribution in [0, 0.1) is 0 Å². The standard InChI is InChI=1S/C12H12ClN3/c13-11-8-2-6-12(4-1-5-12)10(8)15-9-3-7-14-16(9)11/h3,7H,1-2,4-6H2. The number of hydrogen-bond donors (Lipinski definition) is 0. The topological polar surface area (TPSA) is 30.2 Å². The molecule has 2 aromatic heterocycles. The molecule has 0 radical (unpaired) electrons. The highest BCUT2D eigenvalue weighted by atomic mass is 35.5. The van der Waals surface area contributed by atoms with Gasteiger partial charge in [0.2, 0.25) is 0 Å². The van der Waals surface area contributed by atoms with Gasteiger partial charge < -0.3 is 0 Å². The highest BCUT2D eigenvalue weighted by molar-refractivity contribution is 6.30. The van der Waals surface area contributed by atoms with E-state index in [9.17, 15) is 0 Å². The maximum Gasteiger partial charge on any atom is 0.156 e. The fourth-order valence-electron chi connectivity index (χ4n) is 3.17. The molecular weight excluding hydrogens is 222 g/mol. The third-order valence-corrected chi connectivity index (χ3v) is 4.62. The molecule has 0 N–H and O–H groups in total. The summed E-state index contributed by atoms with van der Waals surface area (Å²) in [7, 11) is 0. The Morgan fingerprint density at radius 3 is 2.94 bits per heavy atom. The minimum atomic E-state index is 0.366. The molecule has 2 aromatic rings. The van der Waals surface area contributed by atoms with Crippen LogP contribution in [-0.2, 0) is 11.8 Å². The fourth-order valence-corrected chi connectivity index (χ4v) is 3.49. The molecular formula is C12H12ClN3. The molecule has 0 aromatic carbocycles. The predicted octanol–water partition coefficient (Wildman–Crippen LogP) is 2.75. The number of hydrogen-bond acceptors (Lipinski definition) is 2. The first-order chi connectivity index (χ1) is 7.80. The van der Waals surface area contributed by atoms with E-state index < -0.39 is 0 Å². The second-order valence-corrected chi connectivity index (χ2v) is 5.32. The Kier molecular flexibility index (Phi) is 1.56. The summed E-state index contributed by atoms with van der Waals surface area (Å²) in [6.07, 6.45) is 7.96. The van der Waals surface area contributed by atoms with Gasteiger partial charge in [-0.15, -0.1) is 0 Å². The van der Waals surface area contributed by atoms with Crippen LogP contribution < -0.4 is 0 Å². The summed E-state index contributed by atoms with van der Waals surface area (Å²) in [5.74, 6) is 0. The largest absolute Gasteiger partial charge is 0.233 e. The van der Waals surface area contributed by atoms with Crippen molar-refractivity contribution in [1.29, 1.82) is 0 Å². The van der Waals surface area contributed by atoms with Crippen molar-refractivity contribution in [2.45, 2.75) is 37.5 Å². The Hall–Kier alpha value is -1.09. The smallest absolute Gasteiger partial charge is 0.156 e. The van der Waals surface area contributed by atoms with Crippen LogP contribution in [0.5, 0.6) is 0 Å². The number of aromatic nitrogens is 3. The minimum absolute atomic E-state index is 0.366. The van der Waals surface area contributed by atoms with Crippen LogP contribution in [-0.4, -0.2) is 14.6 Å². The van der Waals surface area contributed by atoms with Crippen LogP contribution in [0.25, 0.3) is 5.65 Å². The molecule has 4 heteroatoms. The van der Waals surface area contributed by atoms with Gasteiger partial charge in [-0.2, -0.15) is 5.10 Å². The number of halogens is 1. The lowest BCUT2D eigenvalue weighted by molar-refractivity contribution is 0.238. The molecule has 3 nitrogen and oxygen atoms in total. The Morgan fingerprint density at radius 1 is 1.31 bits per heavy atom. The molecule has 0 saturated heterocycles. The van der Waals surface area contributed by atoms with Gasteiger partial charge >= 0.3 is 0 Å². The van der Waals surface area contributed by atoms with Crippen molar-refractivity contribution in [3.8, 4) is 0 Å². The van der Waals surface area contributed by atoms with Crippen LogP contribution in [0.1, 0.15) is 36.9 Å². The van der Waals surface area contributed by atoms with E-state index >= 15 is 0 Å². The van der Waals surface area contributed by atoms with Gasteiger partial charge in [0, 0.05) is 17.0 Å². The summed E-state index contributed by atoms with van der Waals surface area (Å²) >= 11 is 6.40. The van der Waals surface area contributed by atoms with Gasteiger partial charge in [0.25, 0.3) is 0 Å². The van der Waals surface area contributed by atoms with Gasteiger partial charge in [0.15, 0.2) is 5.65 Å². The normalized spacial score (nSPS) is 21.3. The van der Waals surface area contributed by atoms with Crippen molar-refractivity contribution in [3.63, 3.8) is 0 Å². The fraction of sp³-hybridized carbons (Fsp3) is 0.500. The van der Waals surface area contributed by atoms with E-state index in [0.717, 1.165) is 17.2 Å². The van der Waals surface area contributed by atoms with E-state index in [2.05, 4.69) is 5.10 Å². The van der Waals surface area contributed by atoms with Crippen LogP contribution in [0.2, 0.25) is 5.15 Å². The summed E-state index contributed by atoms with van der Waals surface area (Å²) in [5.41, 5.74) is 3.75. The second-order valence-electron chi connectivity index (χ2n) is 4.96. The molecule has 0 atom stereocenters. The van der Waals surface area contributed by atoms with Gasteiger partial charge in [-0.05, 0) is 25.7 Å². The van der Waals surface area contributed by atoms with E-state index in [4.69, 9.17) is 16.6 Å². The number of nitrogens with zero attached hydrogens (tertiary/aromatic N) is 3. The average Bonchev–Trinajstić information content (AvgIpc) is 2.80. The molecule has 2 aliphatic rings. The molecule has 1 fully saturated rings. The molecule has 2 heterocycles. The first-order valence-corrected chi connectivity index (χ1v) is 6.21. The maximum atomic E-state index is 6.40. The zero-order valence-electron chi connectivity index (χ0n) is 8.91. The third-order valence-electron chi connectivity index (χ3n) is 4.24. The van der Waals surface area contributed by atoms with Gasteiger partial charge in [-0.3, -0.25) is 0 Å². The average molecular weight is 234 g/mol. The monoisotopic (exact) mass is 233 g/mol. The quantitative estimate of drug-likeness (QED) is 0.655. The zero-order valence-corrected chi connectivity index (χ0v) is 9.67. The Bertz CT molecular complexity index is 583. The third kappa shape index (κ3) is 0.908. The van der Waals surface area contributed by atoms with E-state index in [0.29, 0.717) is 5.41 Å². The van der Waals surface area contributed by atoms with Crippen molar-refractivity contribution in [3.05, 3.63) is 28.7 Å². The molecule has 1 saturated carbocycles. The molecule has 1 spiro atoms. The molecule has 0 amide bonds. The van der Waals surface area contributed by atoms with Crippen molar-refractivity contribution >= 4 is 17.2 Å². The maximum absolute atomic E-state index is 6.40. The van der Waals surface area contributed by atoms with Crippen LogP contribution >= 0.6 is 11.6 Å². The first-order valence-electron chi connectivity index (χ1n) is 5.83. The first kappa shape index (κ1) is 8.99. The SMILES string of the molecule is Clc1c2c(nc3ccnn13)C1(CCC1)CC2. The van der Waals surface area contributed by atoms with E-state index in [1.807, 2.05) is 6.07 Å². The zero-order chi connectivity index (χ0) is 10.8. The lowest BCUT2D eigenvalue weighted by Gasteiger charge is -2.38. The molecule has 82 valence electrons. The summed E-state index contributed by atoms with van der Waals surface area (Å²) < 4.78 is 1.75. The number of fused-ring (bicyclic) bond motifs is 3. The summed E-state index contributed by atoms with van der Waals surface area (Å²) in [6.45, 7) is 0. The van der Waals surface area contributed by atoms with Crippen LogP contribution in [0.3, 0.4) is 0 Å². The van der Waals surface area contributed by atoms with Crippen LogP contribution in [0.4, 0.5) is 0 Å². The van der Waals surface area contributed by atoms with Crippen molar-refractivity contribution in [2.75, 3.05) is 0 Å². The van der Waals surface area contributed by atoms with Crippen molar-refractivity contribution < 1.29 is 0 Å². The lowest BCUT2D eigenvalue weighted by Crippen LogP contribution is -2.32. The van der Waals surface area contributed by atoms with E-state index in [1.54, 1.807) is 10.7 Å². The predicted molar refractivity (Wildman–Crippen MR) is 61.8 cm³/mol. The highest BCUT2D eigenvalue weighted by Crippen LogP contribution is 2.52. The van der Waals surface area contributed by atoms with Gasteiger partial charge in [0.05, 0.1) is 11.9 Å². The molecule has 2 aliphatic carbocycles. The van der Waals surface area contributed by atoms with Gasteiger partial charge in [0.1, 0.15) is 5.15 Å². The molecule has 4 rings (SSSR count). The summed E-state index contributed by atoms with van der Waals surface area (Å²) in [4.78, 5) is 4.77. The summed E-state index contributed by atoms with van der Waals surface area (Å²) in [5, 5.41) is 4.98. The Balaban J connectivity index is 2.06. The molecule has 0 bridgehead atoms. The van der Waals surface area contributed by atoms with Crippen LogP contribution in [0.15, 0.2) is 12.3 Å². The molecule has 16 heavy (non-hydrogen) atoms. The number of rotatable bonds is 0. The Morgan fingerprint density at radius 2 is 2.19 bits per heavy atom. The lowest BCUT2D eigenvalue weighted by atomic mass is 9.67. The van der Waals surface area contributed by atoms with E-state index in [1.165, 1.54) is 36.9 Å².